The van der Waals surface area contributed by atoms with E-state index in [9.17, 15) is 17.6 Å². The maximum atomic E-state index is 13.8. The number of carbonyl (C=O) groups excluding carboxylic acids is 1. The number of halogens is 1. The number of para-hydroxylation sites is 1. The highest BCUT2D eigenvalue weighted by Crippen LogP contribution is 2.38. The van der Waals surface area contributed by atoms with Crippen molar-refractivity contribution in [2.75, 3.05) is 11.9 Å². The van der Waals surface area contributed by atoms with Gasteiger partial charge in [-0.3, -0.25) is 4.79 Å². The van der Waals surface area contributed by atoms with Gasteiger partial charge in [-0.2, -0.15) is 4.31 Å². The lowest BCUT2D eigenvalue weighted by molar-refractivity contribution is 0.102. The lowest BCUT2D eigenvalue weighted by Gasteiger charge is -2.22. The molecule has 1 fully saturated rings. The third-order valence-electron chi connectivity index (χ3n) is 5.40. The van der Waals surface area contributed by atoms with Gasteiger partial charge < -0.3 is 5.32 Å². The molecule has 32 heavy (non-hydrogen) atoms. The van der Waals surface area contributed by atoms with E-state index in [1.54, 1.807) is 18.2 Å². The van der Waals surface area contributed by atoms with Crippen LogP contribution < -0.4 is 5.32 Å². The second kappa shape index (κ2) is 9.05. The molecular formula is C22H23FN4O3S2. The number of benzene rings is 2. The summed E-state index contributed by atoms with van der Waals surface area (Å²) in [7, 11) is -3.72. The molecule has 0 saturated carbocycles. The van der Waals surface area contributed by atoms with Crippen molar-refractivity contribution < 1.29 is 17.6 Å². The first kappa shape index (κ1) is 22.5. The minimum absolute atomic E-state index is 0.0455. The van der Waals surface area contributed by atoms with E-state index in [1.807, 2.05) is 12.1 Å². The zero-order chi connectivity index (χ0) is 22.9. The molecule has 168 valence electrons. The predicted octanol–water partition coefficient (Wildman–Crippen LogP) is 4.58. The van der Waals surface area contributed by atoms with Gasteiger partial charge >= 0.3 is 0 Å². The fourth-order valence-corrected chi connectivity index (χ4v) is 6.25. The molecule has 2 heterocycles. The first-order valence-electron chi connectivity index (χ1n) is 10.3. The van der Waals surface area contributed by atoms with Crippen molar-refractivity contribution in [3.8, 4) is 0 Å². The van der Waals surface area contributed by atoms with E-state index in [-0.39, 0.29) is 15.6 Å². The number of amides is 1. The van der Waals surface area contributed by atoms with Gasteiger partial charge in [0.25, 0.3) is 5.91 Å². The summed E-state index contributed by atoms with van der Waals surface area (Å²) in [5, 5.41) is 11.0. The Balaban J connectivity index is 1.54. The zero-order valence-electron chi connectivity index (χ0n) is 17.7. The standard InChI is InChI=1S/C22H23FN4O3S2/c1-14(2)15-9-11-16(12-10-15)32(29,30)27-13-5-8-19(27)21-25-26-22(31-21)20(28)24-18-7-4-3-6-17(18)23/h3-4,6-7,9-12,14,19H,5,8,13H2,1-2H3,(H,24,28). The number of anilines is 1. The molecule has 1 N–H and O–H groups in total. The van der Waals surface area contributed by atoms with Crippen molar-refractivity contribution in [1.82, 2.24) is 14.5 Å². The van der Waals surface area contributed by atoms with E-state index in [2.05, 4.69) is 29.4 Å². The molecule has 4 rings (SSSR count). The third kappa shape index (κ3) is 4.43. The Kier molecular flexibility index (Phi) is 6.36. The molecule has 1 aromatic heterocycles. The average molecular weight is 475 g/mol. The van der Waals surface area contributed by atoms with Crippen molar-refractivity contribution in [2.24, 2.45) is 0 Å². The Labute approximate surface area is 190 Å². The van der Waals surface area contributed by atoms with Crippen LogP contribution in [-0.4, -0.2) is 35.4 Å². The Morgan fingerprint density at radius 3 is 2.56 bits per heavy atom. The number of nitrogens with one attached hydrogen (secondary N) is 1. The highest BCUT2D eigenvalue weighted by Gasteiger charge is 2.38. The van der Waals surface area contributed by atoms with Crippen LogP contribution in [0.3, 0.4) is 0 Å². The Morgan fingerprint density at radius 1 is 1.16 bits per heavy atom. The summed E-state index contributed by atoms with van der Waals surface area (Å²) < 4.78 is 41.8. The smallest absolute Gasteiger partial charge is 0.286 e. The minimum Gasteiger partial charge on any atom is -0.317 e. The molecule has 0 bridgehead atoms. The molecule has 1 amide bonds. The number of nitrogens with zero attached hydrogens (tertiary/aromatic N) is 3. The largest absolute Gasteiger partial charge is 0.317 e. The summed E-state index contributed by atoms with van der Waals surface area (Å²) >= 11 is 1.02. The van der Waals surface area contributed by atoms with Gasteiger partial charge in [-0.25, -0.2) is 12.8 Å². The van der Waals surface area contributed by atoms with Crippen molar-refractivity contribution in [3.63, 3.8) is 0 Å². The number of rotatable bonds is 6. The summed E-state index contributed by atoms with van der Waals surface area (Å²) in [5.74, 6) is -0.834. The monoisotopic (exact) mass is 474 g/mol. The van der Waals surface area contributed by atoms with Gasteiger partial charge in [-0.05, 0) is 48.6 Å². The first-order chi connectivity index (χ1) is 15.3. The van der Waals surface area contributed by atoms with Crippen molar-refractivity contribution in [1.29, 1.82) is 0 Å². The number of aromatic nitrogens is 2. The highest BCUT2D eigenvalue weighted by atomic mass is 32.2. The molecule has 1 atom stereocenters. The van der Waals surface area contributed by atoms with E-state index in [1.165, 1.54) is 22.5 Å². The van der Waals surface area contributed by atoms with Crippen LogP contribution in [0.4, 0.5) is 10.1 Å². The fourth-order valence-electron chi connectivity index (χ4n) is 3.63. The average Bonchev–Trinajstić information content (AvgIpc) is 3.45. The lowest BCUT2D eigenvalue weighted by atomic mass is 10.0. The van der Waals surface area contributed by atoms with Gasteiger partial charge in [0.1, 0.15) is 10.8 Å². The molecule has 7 nitrogen and oxygen atoms in total. The van der Waals surface area contributed by atoms with E-state index in [0.717, 1.165) is 16.9 Å². The second-order valence-electron chi connectivity index (χ2n) is 7.88. The quantitative estimate of drug-likeness (QED) is 0.565. The molecule has 1 aliphatic rings. The Hall–Kier alpha value is -2.69. The molecule has 0 radical (unpaired) electrons. The number of hydrogen-bond acceptors (Lipinski definition) is 6. The number of sulfonamides is 1. The second-order valence-corrected chi connectivity index (χ2v) is 10.8. The van der Waals surface area contributed by atoms with E-state index >= 15 is 0 Å². The van der Waals surface area contributed by atoms with Crippen LogP contribution in [-0.2, 0) is 10.0 Å². The maximum absolute atomic E-state index is 13.8. The minimum atomic E-state index is -3.72. The van der Waals surface area contributed by atoms with Crippen molar-refractivity contribution >= 4 is 33.0 Å². The zero-order valence-corrected chi connectivity index (χ0v) is 19.3. The van der Waals surface area contributed by atoms with Gasteiger partial charge in [-0.1, -0.05) is 49.4 Å². The normalized spacial score (nSPS) is 17.1. The summed E-state index contributed by atoms with van der Waals surface area (Å²) in [4.78, 5) is 12.7. The molecule has 0 aliphatic carbocycles. The van der Waals surface area contributed by atoms with Gasteiger partial charge in [0.05, 0.1) is 16.6 Å². The van der Waals surface area contributed by atoms with Gasteiger partial charge in [0.2, 0.25) is 15.0 Å². The van der Waals surface area contributed by atoms with Crippen LogP contribution >= 0.6 is 11.3 Å². The number of hydrogen-bond donors (Lipinski definition) is 1. The van der Waals surface area contributed by atoms with E-state index in [4.69, 9.17) is 0 Å². The van der Waals surface area contributed by atoms with Crippen LogP contribution in [0, 0.1) is 5.82 Å². The van der Waals surface area contributed by atoms with Crippen LogP contribution in [0.5, 0.6) is 0 Å². The predicted molar refractivity (Wildman–Crippen MR) is 121 cm³/mol. The van der Waals surface area contributed by atoms with E-state index < -0.39 is 27.8 Å². The van der Waals surface area contributed by atoms with Gasteiger partial charge in [0.15, 0.2) is 0 Å². The molecule has 0 spiro atoms. The molecule has 1 aliphatic heterocycles. The Morgan fingerprint density at radius 2 is 1.88 bits per heavy atom. The van der Waals surface area contributed by atoms with Crippen molar-refractivity contribution in [3.05, 3.63) is 69.9 Å². The molecule has 10 heteroatoms. The SMILES string of the molecule is CC(C)c1ccc(S(=O)(=O)N2CCCC2c2nnc(C(=O)Nc3ccccc3F)s2)cc1. The van der Waals surface area contributed by atoms with Gasteiger partial charge in [-0.15, -0.1) is 10.2 Å². The van der Waals surface area contributed by atoms with Crippen LogP contribution in [0.15, 0.2) is 53.4 Å². The third-order valence-corrected chi connectivity index (χ3v) is 8.34. The van der Waals surface area contributed by atoms with Crippen molar-refractivity contribution in [2.45, 2.75) is 43.5 Å². The molecular weight excluding hydrogens is 451 g/mol. The lowest BCUT2D eigenvalue weighted by Crippen LogP contribution is -2.30. The Bertz CT molecular complexity index is 1230. The molecule has 1 saturated heterocycles. The molecule has 1 unspecified atom stereocenters. The fraction of sp³-hybridized carbons (Fsp3) is 0.318. The summed E-state index contributed by atoms with van der Waals surface area (Å²) in [5.41, 5.74) is 1.11. The van der Waals surface area contributed by atoms with Crippen LogP contribution in [0.2, 0.25) is 0 Å². The summed E-state index contributed by atoms with van der Waals surface area (Å²) in [6.45, 7) is 4.47. The highest BCUT2D eigenvalue weighted by molar-refractivity contribution is 7.89. The molecule has 2 aromatic carbocycles. The topological polar surface area (TPSA) is 92.3 Å². The van der Waals surface area contributed by atoms with Crippen LogP contribution in [0.25, 0.3) is 0 Å². The maximum Gasteiger partial charge on any atom is 0.286 e. The molecule has 3 aromatic rings. The summed E-state index contributed by atoms with van der Waals surface area (Å²) in [6.07, 6.45) is 1.27. The van der Waals surface area contributed by atoms with Gasteiger partial charge in [0, 0.05) is 6.54 Å². The van der Waals surface area contributed by atoms with E-state index in [0.29, 0.717) is 30.3 Å². The first-order valence-corrected chi connectivity index (χ1v) is 12.5. The summed E-state index contributed by atoms with van der Waals surface area (Å²) in [6, 6.07) is 12.3. The van der Waals surface area contributed by atoms with Crippen LogP contribution in [0.1, 0.15) is 59.0 Å². The number of carbonyl (C=O) groups is 1.